The molecular formula is C44H33BF24OS. The number of hydrogen-bond acceptors (Lipinski definition) is 1. The zero-order chi connectivity index (χ0) is 53.7. The van der Waals surface area contributed by atoms with Gasteiger partial charge in [0.25, 0.3) is 0 Å². The summed E-state index contributed by atoms with van der Waals surface area (Å²) in [6.07, 6.45) is -44.6. The molecule has 0 spiro atoms. The molecule has 2 aliphatic rings. The lowest BCUT2D eigenvalue weighted by molar-refractivity contribution is -0.144. The van der Waals surface area contributed by atoms with E-state index in [9.17, 15) is 110 Å². The van der Waals surface area contributed by atoms with Crippen molar-refractivity contribution in [2.45, 2.75) is 106 Å². The third-order valence-corrected chi connectivity index (χ3v) is 13.7. The van der Waals surface area contributed by atoms with Gasteiger partial charge < -0.3 is 0 Å². The maximum atomic E-state index is 14.2. The van der Waals surface area contributed by atoms with Crippen LogP contribution in [0.1, 0.15) is 95.9 Å². The van der Waals surface area contributed by atoms with Crippen LogP contribution in [0, 0.1) is 5.92 Å². The van der Waals surface area contributed by atoms with Gasteiger partial charge in [-0.3, -0.25) is 4.79 Å². The largest absolute Gasteiger partial charge is 0.416 e. The minimum atomic E-state index is -6.13. The molecule has 0 aromatic heterocycles. The van der Waals surface area contributed by atoms with E-state index in [1.807, 2.05) is 0 Å². The number of rotatable bonds is 7. The minimum Gasteiger partial charge on any atom is -0.294 e. The predicted octanol–water partition coefficient (Wildman–Crippen LogP) is 13.7. The SMILES string of the molecule is FC(F)(F)c1cc([B-](c2cc(C(F)(F)F)cc(C(F)(F)F)c2)(c2cc(C(F)(F)F)cc(C(F)(F)F)c2)c2cc(C(F)(F)F)cc(C(F)(F)F)c2)cc(C(F)(F)F)c1.O=C1CCCCC1[SH+]CC1CCCC1. The molecule has 0 radical (unpaired) electrons. The Morgan fingerprint density at radius 2 is 0.577 bits per heavy atom. The molecule has 0 bridgehead atoms. The molecule has 0 heterocycles. The summed E-state index contributed by atoms with van der Waals surface area (Å²) in [5.41, 5.74) is -30.2. The van der Waals surface area contributed by atoms with Crippen LogP contribution in [0.25, 0.3) is 0 Å². The number of ketones is 1. The van der Waals surface area contributed by atoms with Gasteiger partial charge in [0, 0.05) is 18.8 Å². The number of benzene rings is 4. The van der Waals surface area contributed by atoms with Crippen molar-refractivity contribution in [3.63, 3.8) is 0 Å². The van der Waals surface area contributed by atoms with Gasteiger partial charge in [-0.25, -0.2) is 0 Å². The molecule has 0 N–H and O–H groups in total. The normalized spacial score (nSPS) is 17.4. The van der Waals surface area contributed by atoms with Gasteiger partial charge in [-0.05, 0) is 61.7 Å². The van der Waals surface area contributed by atoms with Crippen molar-refractivity contribution >= 4 is 45.5 Å². The number of Topliss-reactive ketones (excluding diaryl/α,β-unsaturated/α-hetero) is 1. The fraction of sp³-hybridized carbons (Fsp3) is 0.432. The molecule has 2 fully saturated rings. The number of alkyl halides is 24. The highest BCUT2D eigenvalue weighted by Crippen LogP contribution is 2.41. The predicted molar refractivity (Wildman–Crippen MR) is 213 cm³/mol. The summed E-state index contributed by atoms with van der Waals surface area (Å²) in [4.78, 5) is 11.6. The van der Waals surface area contributed by atoms with E-state index in [1.165, 1.54) is 56.0 Å². The Hall–Kier alpha value is -4.72. The van der Waals surface area contributed by atoms with Crippen molar-refractivity contribution in [2.75, 3.05) is 5.75 Å². The van der Waals surface area contributed by atoms with Gasteiger partial charge in [0.2, 0.25) is 0 Å². The minimum absolute atomic E-state index is 0.421. The molecule has 4 aromatic rings. The van der Waals surface area contributed by atoms with Gasteiger partial charge in [-0.2, -0.15) is 127 Å². The van der Waals surface area contributed by atoms with Crippen molar-refractivity contribution < 1.29 is 110 Å². The smallest absolute Gasteiger partial charge is 0.294 e. The van der Waals surface area contributed by atoms with Crippen LogP contribution in [0.2, 0.25) is 0 Å². The van der Waals surface area contributed by atoms with E-state index in [4.69, 9.17) is 0 Å². The monoisotopic (exact) mass is 1080 g/mol. The fourth-order valence-corrected chi connectivity index (χ4v) is 10.3. The first kappa shape index (κ1) is 57.2. The lowest BCUT2D eigenvalue weighted by atomic mass is 9.12. The molecule has 392 valence electrons. The maximum Gasteiger partial charge on any atom is 0.416 e. The van der Waals surface area contributed by atoms with Gasteiger partial charge in [0.15, 0.2) is 11.0 Å². The molecule has 1 nitrogen and oxygen atoms in total. The van der Waals surface area contributed by atoms with Crippen LogP contribution < -0.4 is 21.9 Å². The van der Waals surface area contributed by atoms with Gasteiger partial charge in [0.05, 0.1) is 44.5 Å². The summed E-state index contributed by atoms with van der Waals surface area (Å²) in [5.74, 6) is 2.80. The summed E-state index contributed by atoms with van der Waals surface area (Å²) < 4.78 is 341. The summed E-state index contributed by atoms with van der Waals surface area (Å²) >= 11 is 1.45. The second-order valence-corrected chi connectivity index (χ2v) is 18.3. The first-order valence-electron chi connectivity index (χ1n) is 20.7. The lowest BCUT2D eigenvalue weighted by Gasteiger charge is -2.46. The van der Waals surface area contributed by atoms with Crippen LogP contribution in [0.15, 0.2) is 72.8 Å². The molecule has 27 heteroatoms. The number of carbonyl (C=O) groups excluding carboxylic acids is 1. The van der Waals surface area contributed by atoms with E-state index in [0.29, 0.717) is 11.0 Å². The molecular weight excluding hydrogens is 1040 g/mol. The van der Waals surface area contributed by atoms with E-state index in [0.717, 1.165) is 18.8 Å². The van der Waals surface area contributed by atoms with E-state index < -0.39 is 195 Å². The Bertz CT molecular complexity index is 2100. The fourth-order valence-electron chi connectivity index (χ4n) is 8.70. The second-order valence-electron chi connectivity index (χ2n) is 17.0. The Morgan fingerprint density at radius 3 is 0.789 bits per heavy atom. The van der Waals surface area contributed by atoms with Crippen LogP contribution in [-0.2, 0) is 66.0 Å². The molecule has 0 saturated heterocycles. The molecule has 2 aliphatic carbocycles. The quantitative estimate of drug-likeness (QED) is 0.0780. The highest BCUT2D eigenvalue weighted by Gasteiger charge is 2.47. The van der Waals surface area contributed by atoms with Gasteiger partial charge >= 0.3 is 49.4 Å². The van der Waals surface area contributed by atoms with Crippen LogP contribution in [-0.4, -0.2) is 22.9 Å². The zero-order valence-corrected chi connectivity index (χ0v) is 36.3. The van der Waals surface area contributed by atoms with Gasteiger partial charge in [-0.1, -0.05) is 61.4 Å². The van der Waals surface area contributed by atoms with Crippen LogP contribution >= 0.6 is 0 Å². The summed E-state index contributed by atoms with van der Waals surface area (Å²) in [5, 5.41) is 0.421. The van der Waals surface area contributed by atoms with Gasteiger partial charge in [0.1, 0.15) is 11.9 Å². The third-order valence-electron chi connectivity index (χ3n) is 12.0. The molecule has 2 saturated carbocycles. The van der Waals surface area contributed by atoms with E-state index in [-0.39, 0.29) is 0 Å². The molecule has 71 heavy (non-hydrogen) atoms. The lowest BCUT2D eigenvalue weighted by Crippen LogP contribution is -2.75. The summed E-state index contributed by atoms with van der Waals surface area (Å²) in [6, 6.07) is -8.81. The Labute approximate surface area is 390 Å². The molecule has 0 amide bonds. The average Bonchev–Trinajstić information content (AvgIpc) is 3.75. The van der Waals surface area contributed by atoms with E-state index in [1.54, 1.807) is 0 Å². The van der Waals surface area contributed by atoms with E-state index >= 15 is 0 Å². The Kier molecular flexibility index (Phi) is 16.1. The topological polar surface area (TPSA) is 17.1 Å². The van der Waals surface area contributed by atoms with Crippen LogP contribution in [0.4, 0.5) is 105 Å². The van der Waals surface area contributed by atoms with Crippen molar-refractivity contribution in [1.29, 1.82) is 0 Å². The first-order chi connectivity index (χ1) is 32.1. The van der Waals surface area contributed by atoms with Crippen molar-refractivity contribution in [3.05, 3.63) is 117 Å². The van der Waals surface area contributed by atoms with Crippen molar-refractivity contribution in [1.82, 2.24) is 0 Å². The Morgan fingerprint density at radius 1 is 0.352 bits per heavy atom. The van der Waals surface area contributed by atoms with E-state index in [2.05, 4.69) is 0 Å². The molecule has 4 aromatic carbocycles. The van der Waals surface area contributed by atoms with Crippen LogP contribution in [0.5, 0.6) is 0 Å². The number of halogens is 24. The molecule has 0 aliphatic heterocycles. The number of carbonyl (C=O) groups is 1. The molecule has 1 unspecified atom stereocenters. The van der Waals surface area contributed by atoms with Crippen molar-refractivity contribution in [2.24, 2.45) is 5.92 Å². The summed E-state index contributed by atoms with van der Waals surface area (Å²) in [7, 11) is 0. The van der Waals surface area contributed by atoms with Crippen LogP contribution in [0.3, 0.4) is 0 Å². The second kappa shape index (κ2) is 20.0. The van der Waals surface area contributed by atoms with Gasteiger partial charge in [-0.15, -0.1) is 0 Å². The highest BCUT2D eigenvalue weighted by atomic mass is 32.2. The average molecular weight is 1080 g/mol. The molecule has 6 rings (SSSR count). The highest BCUT2D eigenvalue weighted by molar-refractivity contribution is 7.80. The number of hydrogen-bond donors (Lipinski definition) is 0. The zero-order valence-electron chi connectivity index (χ0n) is 35.5. The number of thiol groups is 1. The standard InChI is InChI=1S/C32H12BF24.C12H20OS/c34-25(35,36)13-1-14(26(37,38)39)6-21(5-13)33(22-7-15(27(40,41)42)2-16(8-22)28(43,44)45,23-9-17(29(46,47)48)3-18(10-23)30(49,50)51)24-11-19(31(52,53)54)4-20(12-24)32(55,56)57;13-11-7-3-4-8-12(11)14-9-10-5-1-2-6-10/h1-12H;10,12H,1-9H2/q-1;/p+1. The first-order valence-corrected chi connectivity index (χ1v) is 21.8. The molecule has 1 atom stereocenters. The third kappa shape index (κ3) is 13.7. The van der Waals surface area contributed by atoms with Crippen molar-refractivity contribution in [3.8, 4) is 0 Å². The Balaban J connectivity index is 0.000000569. The summed E-state index contributed by atoms with van der Waals surface area (Å²) in [6.45, 7) is 0. The maximum absolute atomic E-state index is 14.2.